The fraction of sp³-hybridized carbons (Fsp3) is 0.727. The van der Waals surface area contributed by atoms with Crippen LogP contribution in [0.3, 0.4) is 0 Å². The van der Waals surface area contributed by atoms with Gasteiger partial charge in [-0.15, -0.1) is 0 Å². The Bertz CT molecular complexity index is 1320. The van der Waals surface area contributed by atoms with E-state index >= 15 is 0 Å². The van der Waals surface area contributed by atoms with Crippen molar-refractivity contribution in [1.82, 2.24) is 0 Å². The summed E-state index contributed by atoms with van der Waals surface area (Å²) in [4.78, 5) is 0. The summed E-state index contributed by atoms with van der Waals surface area (Å²) in [5, 5.41) is 72.6. The van der Waals surface area contributed by atoms with Gasteiger partial charge in [-0.25, -0.2) is 0 Å². The van der Waals surface area contributed by atoms with Crippen molar-refractivity contribution in [3.8, 4) is 0 Å². The Kier molecular flexibility index (Phi) is 121. The molecular formula is C66H144N4O8. The number of hydrogen-bond acceptors (Lipinski definition) is 12. The minimum absolute atomic E-state index is 0. The molecule has 0 aromatic heterocycles. The van der Waals surface area contributed by atoms with Gasteiger partial charge in [0.15, 0.2) is 0 Å². The Labute approximate surface area is 488 Å². The van der Waals surface area contributed by atoms with Crippen LogP contribution in [0.2, 0.25) is 0 Å². The van der Waals surface area contributed by atoms with Crippen LogP contribution >= 0.6 is 0 Å². The first-order valence-electron chi connectivity index (χ1n) is 26.4. The van der Waals surface area contributed by atoms with Crippen molar-refractivity contribution in [3.05, 3.63) is 109 Å². The summed E-state index contributed by atoms with van der Waals surface area (Å²) in [5.41, 5.74) is 23.3. The fourth-order valence-electron chi connectivity index (χ4n) is 5.81. The van der Waals surface area contributed by atoms with E-state index in [1.54, 1.807) is 36.5 Å². The molecule has 0 rings (SSSR count). The van der Waals surface area contributed by atoms with E-state index in [1.165, 1.54) is 102 Å². The second kappa shape index (κ2) is 88.0. The van der Waals surface area contributed by atoms with E-state index in [2.05, 4.69) is 65.0 Å². The topological polar surface area (TPSA) is 266 Å². The molecule has 0 aliphatic carbocycles. The molecule has 0 unspecified atom stereocenters. The summed E-state index contributed by atoms with van der Waals surface area (Å²) in [7, 11) is 0. The zero-order valence-electron chi connectivity index (χ0n) is 44.2. The first-order chi connectivity index (χ1) is 33.3. The largest absolute Gasteiger partial charge is 0.395 e. The van der Waals surface area contributed by atoms with Gasteiger partial charge in [0.05, 0.1) is 75.0 Å². The molecule has 12 heteroatoms. The summed E-state index contributed by atoms with van der Waals surface area (Å²) in [6, 6.07) is -2.35. The zero-order valence-corrected chi connectivity index (χ0v) is 44.2. The van der Waals surface area contributed by atoms with Crippen molar-refractivity contribution < 1.29 is 40.9 Å². The molecule has 0 fully saturated rings. The summed E-state index contributed by atoms with van der Waals surface area (Å²) in [6.07, 6.45) is 55.6. The highest BCUT2D eigenvalue weighted by Crippen LogP contribution is 2.10. The van der Waals surface area contributed by atoms with E-state index in [0.717, 1.165) is 44.9 Å². The highest BCUT2D eigenvalue weighted by molar-refractivity contribution is 5.13. The van der Waals surface area contributed by atoms with Gasteiger partial charge in [0, 0.05) is 0 Å². The first-order valence-corrected chi connectivity index (χ1v) is 26.4. The van der Waals surface area contributed by atoms with Crippen molar-refractivity contribution >= 4 is 0 Å². The van der Waals surface area contributed by atoms with Gasteiger partial charge in [0.2, 0.25) is 0 Å². The van der Waals surface area contributed by atoms with Gasteiger partial charge in [-0.2, -0.15) is 0 Å². The van der Waals surface area contributed by atoms with Crippen LogP contribution in [-0.2, 0) is 0 Å². The molecule has 0 aromatic rings. The van der Waals surface area contributed by atoms with Gasteiger partial charge >= 0.3 is 0 Å². The molecule has 0 radical (unpaired) electrons. The lowest BCUT2D eigenvalue weighted by atomic mass is 10.1. The molecule has 0 aliphatic heterocycles. The van der Waals surface area contributed by atoms with Crippen LogP contribution in [0, 0.1) is 0 Å². The molecule has 78 heavy (non-hydrogen) atoms. The summed E-state index contributed by atoms with van der Waals surface area (Å²) >= 11 is 0. The number of unbranched alkanes of at least 4 members (excludes halogenated alkanes) is 15. The summed E-state index contributed by atoms with van der Waals surface area (Å²) in [6.45, 7) is 10.2. The fourth-order valence-corrected chi connectivity index (χ4v) is 5.81. The van der Waals surface area contributed by atoms with Crippen LogP contribution in [0.25, 0.3) is 0 Å². The standard InChI is InChI=1S/C15H29NO2.2C14H27NO2.C14H25NO2.9CH4/c1-3-4-6-9-13(2)10-7-5-8-11-15(18)14(16)12-17;3*1-2-3-4-5-6-7-8-9-10-11-14(17)13(15)12-16;;;;;;;;;/h8,10-11,14-15,17-18H,3-7,9,12,16H2,1-2H3;8-11,13-14,16-17H,2-7,12,15H2,1H3;6-7,10-11,13-14,16-17H,2-5,8-9,12,15H2,1H3;6-11,13-14,16-17H,2-5,12,15H2,1H3;9*1H4/b11-8+,13-10+;9-8+,11-10+;7-6+,11-10+;7-6+,9-8+,11-10+;;;;;;;;;/t14-,15+;3*13-,14+;;;;;;;;;/m0000........./s1. The molecule has 0 aliphatic rings. The van der Waals surface area contributed by atoms with Crippen LogP contribution < -0.4 is 22.9 Å². The van der Waals surface area contributed by atoms with Crippen molar-refractivity contribution in [2.45, 2.75) is 291 Å². The third-order valence-electron chi connectivity index (χ3n) is 10.7. The molecule has 0 aromatic carbocycles. The molecule has 0 bridgehead atoms. The van der Waals surface area contributed by atoms with E-state index in [9.17, 15) is 20.4 Å². The molecule has 0 spiro atoms. The van der Waals surface area contributed by atoms with Crippen LogP contribution in [0.4, 0.5) is 0 Å². The SMILES string of the molecule is C.C.C.C.C.C.C.C.C.CCCCC/C(C)=C/CC/C=C/[C@@H](O)[C@@H](N)CO.CCCCC/C=C/C=C/C=C/[C@@H](O)[C@@H](N)CO.CCCCC/C=C/CC/C=C/[C@@H](O)[C@@H](N)CO.CCCCCCC/C=C/C=C/[C@@H](O)[C@@H](N)CO. The van der Waals surface area contributed by atoms with Crippen molar-refractivity contribution in [3.63, 3.8) is 0 Å². The van der Waals surface area contributed by atoms with Crippen LogP contribution in [0.5, 0.6) is 0 Å². The third-order valence-corrected chi connectivity index (χ3v) is 10.7. The van der Waals surface area contributed by atoms with E-state index in [-0.39, 0.29) is 93.3 Å². The molecule has 0 saturated heterocycles. The number of nitrogens with two attached hydrogens (primary N) is 4. The average Bonchev–Trinajstić information content (AvgIpc) is 3.36. The van der Waals surface area contributed by atoms with Gasteiger partial charge in [-0.1, -0.05) is 268 Å². The molecule has 12 nitrogen and oxygen atoms in total. The van der Waals surface area contributed by atoms with E-state index in [1.807, 2.05) is 36.5 Å². The third kappa shape index (κ3) is 84.5. The second-order valence-corrected chi connectivity index (χ2v) is 17.5. The molecule has 476 valence electrons. The van der Waals surface area contributed by atoms with Gasteiger partial charge in [-0.3, -0.25) is 0 Å². The predicted molar refractivity (Wildman–Crippen MR) is 356 cm³/mol. The van der Waals surface area contributed by atoms with Crippen molar-refractivity contribution in [2.75, 3.05) is 26.4 Å². The van der Waals surface area contributed by atoms with Gasteiger partial charge in [-0.05, 0) is 84.0 Å². The van der Waals surface area contributed by atoms with Gasteiger partial charge < -0.3 is 63.8 Å². The van der Waals surface area contributed by atoms with E-state index in [4.69, 9.17) is 43.4 Å². The number of rotatable bonds is 39. The predicted octanol–water partition coefficient (Wildman–Crippen LogP) is 14.5. The number of allylic oxidation sites excluding steroid dienone is 14. The smallest absolute Gasteiger partial charge is 0.0897 e. The van der Waals surface area contributed by atoms with Gasteiger partial charge in [0.25, 0.3) is 0 Å². The Hall–Kier alpha value is -2.82. The maximum absolute atomic E-state index is 9.48. The second-order valence-electron chi connectivity index (χ2n) is 17.5. The molecule has 0 amide bonds. The molecule has 0 saturated carbocycles. The zero-order chi connectivity index (χ0) is 52.6. The molecule has 0 heterocycles. The summed E-state index contributed by atoms with van der Waals surface area (Å²) < 4.78 is 0. The minimum atomic E-state index is -0.793. The van der Waals surface area contributed by atoms with Crippen molar-refractivity contribution in [1.29, 1.82) is 0 Å². The Morgan fingerprint density at radius 3 is 1.01 bits per heavy atom. The Morgan fingerprint density at radius 2 is 0.603 bits per heavy atom. The molecule has 16 N–H and O–H groups in total. The lowest BCUT2D eigenvalue weighted by Gasteiger charge is -2.11. The summed E-state index contributed by atoms with van der Waals surface area (Å²) in [5.74, 6) is 0. The molecule has 8 atom stereocenters. The van der Waals surface area contributed by atoms with Crippen LogP contribution in [-0.4, -0.2) is 116 Å². The highest BCUT2D eigenvalue weighted by Gasteiger charge is 2.10. The lowest BCUT2D eigenvalue weighted by molar-refractivity contribution is 0.143. The normalized spacial score (nSPS) is 14.1. The van der Waals surface area contributed by atoms with Gasteiger partial charge in [0.1, 0.15) is 0 Å². The number of aliphatic hydroxyl groups excluding tert-OH is 8. The Balaban J connectivity index is -0.0000000632. The Morgan fingerprint density at radius 1 is 0.321 bits per heavy atom. The quantitative estimate of drug-likeness (QED) is 0.0156. The maximum atomic E-state index is 9.48. The van der Waals surface area contributed by atoms with Crippen molar-refractivity contribution in [2.24, 2.45) is 22.9 Å². The number of aliphatic hydroxyl groups is 8. The molecular weight excluding hydrogens is 977 g/mol. The van der Waals surface area contributed by atoms with Crippen LogP contribution in [0.15, 0.2) is 109 Å². The first kappa shape index (κ1) is 107. The van der Waals surface area contributed by atoms with Crippen LogP contribution in [0.1, 0.15) is 243 Å². The van der Waals surface area contributed by atoms with E-state index in [0.29, 0.717) is 0 Å². The lowest BCUT2D eigenvalue weighted by Crippen LogP contribution is -2.36. The minimum Gasteiger partial charge on any atom is -0.395 e. The monoisotopic (exact) mass is 1120 g/mol. The number of hydrogen-bond donors (Lipinski definition) is 12. The average molecular weight is 1120 g/mol. The highest BCUT2D eigenvalue weighted by atomic mass is 16.3. The maximum Gasteiger partial charge on any atom is 0.0897 e. The van der Waals surface area contributed by atoms with E-state index < -0.39 is 48.6 Å².